The number of para-hydroxylation sites is 2. The summed E-state index contributed by atoms with van der Waals surface area (Å²) in [7, 11) is 3.29. The van der Waals surface area contributed by atoms with E-state index in [0.29, 0.717) is 5.92 Å². The zero-order valence-corrected chi connectivity index (χ0v) is 29.1. The fourth-order valence-electron chi connectivity index (χ4n) is 7.35. The quantitative estimate of drug-likeness (QED) is 0.160. The maximum absolute atomic E-state index is 14.0. The summed E-state index contributed by atoms with van der Waals surface area (Å²) < 4.78 is 0. The first-order chi connectivity index (χ1) is 21.4. The van der Waals surface area contributed by atoms with Crippen LogP contribution in [0, 0.1) is 16.7 Å². The number of hydrogen-bond donors (Lipinski definition) is 2. The Morgan fingerprint density at radius 2 is 1.18 bits per heavy atom. The molecular weight excluding hydrogens is 581 g/mol. The van der Waals surface area contributed by atoms with E-state index in [1.54, 1.807) is 21.6 Å². The standard InChI is InChI=1S/C38H54N2O2S2/c1-5-29(6-2)27-37(23-15-9-16-24-37)35(41)39-31-19-11-13-21-33(31)43-44-34-22-14-12-20-32(34)40-36(42)38(25-17-10-18-26-38)28-30(7-3)8-4/h5,11-14,19-22,30H,6-10,15-18,23-28H2,1-4H3,(H,39,41)(H,40,42)/b29-5+. The van der Waals surface area contributed by atoms with Crippen LogP contribution >= 0.6 is 21.6 Å². The molecular formula is C38H54N2O2S2. The first-order valence-corrected chi connectivity index (χ1v) is 19.3. The van der Waals surface area contributed by atoms with Crippen molar-refractivity contribution in [2.45, 2.75) is 134 Å². The van der Waals surface area contributed by atoms with Crippen LogP contribution in [0.2, 0.25) is 0 Å². The van der Waals surface area contributed by atoms with E-state index in [-0.39, 0.29) is 22.6 Å². The van der Waals surface area contributed by atoms with Crippen LogP contribution in [-0.2, 0) is 9.59 Å². The lowest BCUT2D eigenvalue weighted by atomic mass is 9.67. The Morgan fingerprint density at radius 3 is 1.64 bits per heavy atom. The van der Waals surface area contributed by atoms with Crippen molar-refractivity contribution in [2.24, 2.45) is 16.7 Å². The van der Waals surface area contributed by atoms with Crippen LogP contribution in [0.1, 0.15) is 124 Å². The van der Waals surface area contributed by atoms with Gasteiger partial charge in [-0.05, 0) is 82.1 Å². The van der Waals surface area contributed by atoms with Crippen molar-refractivity contribution in [3.8, 4) is 0 Å². The monoisotopic (exact) mass is 634 g/mol. The Labute approximate surface area is 274 Å². The lowest BCUT2D eigenvalue weighted by Crippen LogP contribution is -2.39. The van der Waals surface area contributed by atoms with Crippen LogP contribution in [0.3, 0.4) is 0 Å². The molecule has 2 saturated carbocycles. The normalized spacial score (nSPS) is 18.2. The fourth-order valence-corrected chi connectivity index (χ4v) is 9.62. The summed E-state index contributed by atoms with van der Waals surface area (Å²) in [4.78, 5) is 30.0. The van der Waals surface area contributed by atoms with E-state index < -0.39 is 0 Å². The largest absolute Gasteiger partial charge is 0.325 e. The SMILES string of the molecule is C/C=C(\CC)CC1(C(=O)Nc2ccccc2SSc2ccccc2NC(=O)C2(CC(CC)CC)CCCCC2)CCCCC1. The molecule has 240 valence electrons. The minimum Gasteiger partial charge on any atom is -0.325 e. The second kappa shape index (κ2) is 16.9. The molecule has 0 saturated heterocycles. The van der Waals surface area contributed by atoms with Gasteiger partial charge in [0.15, 0.2) is 0 Å². The Bertz CT molecular complexity index is 1260. The summed E-state index contributed by atoms with van der Waals surface area (Å²) in [6, 6.07) is 16.3. The molecule has 4 nitrogen and oxygen atoms in total. The minimum absolute atomic E-state index is 0.158. The fraction of sp³-hybridized carbons (Fsp3) is 0.579. The first kappa shape index (κ1) is 34.7. The van der Waals surface area contributed by atoms with Gasteiger partial charge in [-0.3, -0.25) is 9.59 Å². The Kier molecular flexibility index (Phi) is 13.4. The maximum Gasteiger partial charge on any atom is 0.230 e. The van der Waals surface area contributed by atoms with Crippen LogP contribution in [0.15, 0.2) is 70.0 Å². The summed E-state index contributed by atoms with van der Waals surface area (Å²) in [5, 5.41) is 6.75. The molecule has 0 radical (unpaired) electrons. The topological polar surface area (TPSA) is 58.2 Å². The molecule has 0 spiro atoms. The number of nitrogens with one attached hydrogen (secondary N) is 2. The van der Waals surface area contributed by atoms with E-state index in [1.165, 1.54) is 18.4 Å². The molecule has 2 fully saturated rings. The summed E-state index contributed by atoms with van der Waals surface area (Å²) in [5.41, 5.74) is 2.52. The lowest BCUT2D eigenvalue weighted by Gasteiger charge is -2.38. The van der Waals surface area contributed by atoms with Crippen molar-refractivity contribution >= 4 is 44.8 Å². The highest BCUT2D eigenvalue weighted by molar-refractivity contribution is 8.76. The molecule has 0 aliphatic heterocycles. The smallest absolute Gasteiger partial charge is 0.230 e. The third-order valence-corrected chi connectivity index (χ3v) is 12.8. The van der Waals surface area contributed by atoms with Gasteiger partial charge < -0.3 is 10.6 Å². The average Bonchev–Trinajstić information content (AvgIpc) is 3.07. The van der Waals surface area contributed by atoms with Crippen molar-refractivity contribution in [1.82, 2.24) is 0 Å². The lowest BCUT2D eigenvalue weighted by molar-refractivity contribution is -0.129. The predicted octanol–water partition coefficient (Wildman–Crippen LogP) is 11.8. The van der Waals surface area contributed by atoms with Gasteiger partial charge >= 0.3 is 0 Å². The molecule has 0 bridgehead atoms. The number of anilines is 2. The molecule has 0 atom stereocenters. The van der Waals surface area contributed by atoms with Crippen molar-refractivity contribution < 1.29 is 9.59 Å². The van der Waals surface area contributed by atoms with Gasteiger partial charge in [-0.25, -0.2) is 0 Å². The van der Waals surface area contributed by atoms with Crippen LogP contribution in [0.5, 0.6) is 0 Å². The Balaban J connectivity index is 1.49. The van der Waals surface area contributed by atoms with Crippen LogP contribution in [-0.4, -0.2) is 11.8 Å². The predicted molar refractivity (Wildman–Crippen MR) is 190 cm³/mol. The molecule has 2 amide bonds. The van der Waals surface area contributed by atoms with Gasteiger partial charge in [-0.15, -0.1) is 0 Å². The van der Waals surface area contributed by atoms with Crippen molar-refractivity contribution in [3.63, 3.8) is 0 Å². The average molecular weight is 635 g/mol. The highest BCUT2D eigenvalue weighted by Crippen LogP contribution is 2.48. The number of benzene rings is 2. The first-order valence-electron chi connectivity index (χ1n) is 17.2. The highest BCUT2D eigenvalue weighted by Gasteiger charge is 2.41. The number of carbonyl (C=O) groups is 2. The van der Waals surface area contributed by atoms with Crippen molar-refractivity contribution in [1.29, 1.82) is 0 Å². The molecule has 2 N–H and O–H groups in total. The molecule has 0 unspecified atom stereocenters. The summed E-state index contributed by atoms with van der Waals surface area (Å²) in [6.45, 7) is 8.80. The second-order valence-electron chi connectivity index (χ2n) is 13.1. The van der Waals surface area contributed by atoms with Gasteiger partial charge in [-0.2, -0.15) is 0 Å². The van der Waals surface area contributed by atoms with Gasteiger partial charge in [0.1, 0.15) is 0 Å². The van der Waals surface area contributed by atoms with Crippen molar-refractivity contribution in [3.05, 3.63) is 60.2 Å². The van der Waals surface area contributed by atoms with Gasteiger partial charge in [0.05, 0.1) is 16.8 Å². The molecule has 6 heteroatoms. The van der Waals surface area contributed by atoms with Gasteiger partial charge in [0, 0.05) is 15.2 Å². The zero-order chi connectivity index (χ0) is 31.4. The number of amides is 2. The van der Waals surface area contributed by atoms with E-state index in [0.717, 1.165) is 105 Å². The van der Waals surface area contributed by atoms with Crippen LogP contribution in [0.25, 0.3) is 0 Å². The van der Waals surface area contributed by atoms with Crippen molar-refractivity contribution in [2.75, 3.05) is 10.6 Å². The molecule has 0 heterocycles. The maximum atomic E-state index is 14.0. The molecule has 44 heavy (non-hydrogen) atoms. The molecule has 2 aromatic rings. The minimum atomic E-state index is -0.332. The molecule has 2 aliphatic rings. The van der Waals surface area contributed by atoms with E-state index in [1.807, 2.05) is 36.4 Å². The number of rotatable bonds is 14. The van der Waals surface area contributed by atoms with Crippen LogP contribution < -0.4 is 10.6 Å². The van der Waals surface area contributed by atoms with Gasteiger partial charge in [-0.1, -0.05) is 130 Å². The molecule has 4 rings (SSSR count). The van der Waals surface area contributed by atoms with Gasteiger partial charge in [0.25, 0.3) is 0 Å². The third kappa shape index (κ3) is 8.75. The van der Waals surface area contributed by atoms with E-state index >= 15 is 0 Å². The summed E-state index contributed by atoms with van der Waals surface area (Å²) in [6.07, 6.45) is 18.1. The second-order valence-corrected chi connectivity index (χ2v) is 15.3. The van der Waals surface area contributed by atoms with Gasteiger partial charge in [0.2, 0.25) is 11.8 Å². The molecule has 2 aromatic carbocycles. The molecule has 2 aliphatic carbocycles. The zero-order valence-electron chi connectivity index (χ0n) is 27.5. The summed E-state index contributed by atoms with van der Waals surface area (Å²) >= 11 is 0. The highest BCUT2D eigenvalue weighted by atomic mass is 33.1. The molecule has 0 aromatic heterocycles. The number of hydrogen-bond acceptors (Lipinski definition) is 4. The summed E-state index contributed by atoms with van der Waals surface area (Å²) in [5.74, 6) is 0.941. The van der Waals surface area contributed by atoms with E-state index in [2.05, 4.69) is 56.5 Å². The van der Waals surface area contributed by atoms with Crippen LogP contribution in [0.4, 0.5) is 11.4 Å². The number of carbonyl (C=O) groups excluding carboxylic acids is 2. The Morgan fingerprint density at radius 1 is 0.727 bits per heavy atom. The van der Waals surface area contributed by atoms with E-state index in [4.69, 9.17) is 0 Å². The number of allylic oxidation sites excluding steroid dienone is 2. The van der Waals surface area contributed by atoms with E-state index in [9.17, 15) is 9.59 Å². The Hall–Kier alpha value is -2.18. The third-order valence-electron chi connectivity index (χ3n) is 10.3.